The first-order chi connectivity index (χ1) is 7.34. The second-order valence-electron chi connectivity index (χ2n) is 3.83. The van der Waals surface area contributed by atoms with E-state index in [0.717, 1.165) is 13.0 Å². The van der Waals surface area contributed by atoms with Gasteiger partial charge in [0.15, 0.2) is 0 Å². The molecule has 0 aliphatic carbocycles. The van der Waals surface area contributed by atoms with Crippen LogP contribution in [-0.4, -0.2) is 6.54 Å². The Bertz CT molecular complexity index is 254. The van der Waals surface area contributed by atoms with Gasteiger partial charge in [0.2, 0.25) is 0 Å². The fourth-order valence-corrected chi connectivity index (χ4v) is 2.31. The molecule has 0 saturated heterocycles. The number of unbranched alkanes of at least 4 members (excludes halogenated alkanes) is 3. The van der Waals surface area contributed by atoms with Crippen molar-refractivity contribution in [2.45, 2.75) is 38.6 Å². The van der Waals surface area contributed by atoms with Gasteiger partial charge in [-0.2, -0.15) is 0 Å². The normalized spacial score (nSPS) is 12.6. The molecule has 1 heterocycles. The molecule has 0 aliphatic rings. The lowest BCUT2D eigenvalue weighted by Gasteiger charge is -2.11. The fraction of sp³-hybridized carbons (Fsp3) is 0.538. The number of hydrogen-bond donors (Lipinski definition) is 1. The minimum absolute atomic E-state index is 0.504. The van der Waals surface area contributed by atoms with Crippen LogP contribution < -0.4 is 5.32 Å². The van der Waals surface area contributed by atoms with Crippen molar-refractivity contribution in [3.05, 3.63) is 35.0 Å². The van der Waals surface area contributed by atoms with Crippen LogP contribution in [0.2, 0.25) is 0 Å². The van der Waals surface area contributed by atoms with E-state index in [1.165, 1.54) is 24.1 Å². The van der Waals surface area contributed by atoms with Crippen LogP contribution in [0.4, 0.5) is 0 Å². The lowest BCUT2D eigenvalue weighted by molar-refractivity contribution is 0.545. The molecule has 0 fully saturated rings. The van der Waals surface area contributed by atoms with Gasteiger partial charge in [0, 0.05) is 10.9 Å². The van der Waals surface area contributed by atoms with Gasteiger partial charge in [-0.1, -0.05) is 18.6 Å². The summed E-state index contributed by atoms with van der Waals surface area (Å²) >= 11 is 1.83. The first kappa shape index (κ1) is 12.5. The Hall–Kier alpha value is -0.600. The van der Waals surface area contributed by atoms with Gasteiger partial charge in [0.1, 0.15) is 0 Å². The quantitative estimate of drug-likeness (QED) is 0.516. The molecule has 1 atom stereocenters. The van der Waals surface area contributed by atoms with Gasteiger partial charge in [-0.15, -0.1) is 17.9 Å². The van der Waals surface area contributed by atoms with E-state index in [9.17, 15) is 0 Å². The average molecular weight is 223 g/mol. The molecule has 1 nitrogen and oxygen atoms in total. The minimum Gasteiger partial charge on any atom is -0.309 e. The average Bonchev–Trinajstić information content (AvgIpc) is 2.76. The number of nitrogens with one attached hydrogen (secondary N) is 1. The van der Waals surface area contributed by atoms with E-state index in [4.69, 9.17) is 0 Å². The van der Waals surface area contributed by atoms with Crippen LogP contribution >= 0.6 is 11.3 Å². The van der Waals surface area contributed by atoms with Crippen molar-refractivity contribution in [1.82, 2.24) is 5.32 Å². The van der Waals surface area contributed by atoms with Crippen LogP contribution in [0, 0.1) is 0 Å². The summed E-state index contributed by atoms with van der Waals surface area (Å²) in [6.45, 7) is 7.08. The predicted octanol–water partition coefficient (Wildman–Crippen LogP) is 4.15. The molecular weight excluding hydrogens is 202 g/mol. The van der Waals surface area contributed by atoms with Crippen molar-refractivity contribution in [1.29, 1.82) is 0 Å². The highest BCUT2D eigenvalue weighted by Crippen LogP contribution is 2.17. The van der Waals surface area contributed by atoms with Gasteiger partial charge in [-0.25, -0.2) is 0 Å². The van der Waals surface area contributed by atoms with Crippen LogP contribution in [0.3, 0.4) is 0 Å². The predicted molar refractivity (Wildman–Crippen MR) is 69.4 cm³/mol. The Morgan fingerprint density at radius 3 is 3.00 bits per heavy atom. The Morgan fingerprint density at radius 2 is 2.33 bits per heavy atom. The molecule has 1 N–H and O–H groups in total. The monoisotopic (exact) mass is 223 g/mol. The van der Waals surface area contributed by atoms with Crippen LogP contribution in [0.5, 0.6) is 0 Å². The highest BCUT2D eigenvalue weighted by molar-refractivity contribution is 7.10. The fourth-order valence-electron chi connectivity index (χ4n) is 1.55. The molecule has 1 aromatic rings. The largest absolute Gasteiger partial charge is 0.309 e. The van der Waals surface area contributed by atoms with Crippen molar-refractivity contribution >= 4 is 11.3 Å². The Labute approximate surface area is 97.2 Å². The maximum Gasteiger partial charge on any atom is 0.0386 e. The molecule has 0 saturated carbocycles. The molecule has 1 unspecified atom stereocenters. The van der Waals surface area contributed by atoms with E-state index >= 15 is 0 Å². The summed E-state index contributed by atoms with van der Waals surface area (Å²) < 4.78 is 0. The maximum absolute atomic E-state index is 3.73. The van der Waals surface area contributed by atoms with Gasteiger partial charge in [-0.3, -0.25) is 0 Å². The van der Waals surface area contributed by atoms with Crippen molar-refractivity contribution in [2.75, 3.05) is 6.54 Å². The van der Waals surface area contributed by atoms with Crippen molar-refractivity contribution in [3.8, 4) is 0 Å². The smallest absolute Gasteiger partial charge is 0.0386 e. The SMILES string of the molecule is C=CCCCCCNC(C)c1cccs1. The standard InChI is InChI=1S/C13H21NS/c1-3-4-5-6-7-10-14-12(2)13-9-8-11-15-13/h3,8-9,11-12,14H,1,4-7,10H2,2H3. The molecule has 0 spiro atoms. The second kappa shape index (κ2) is 7.66. The number of thiophene rings is 1. The summed E-state index contributed by atoms with van der Waals surface area (Å²) in [4.78, 5) is 1.43. The summed E-state index contributed by atoms with van der Waals surface area (Å²) in [5, 5.41) is 5.68. The van der Waals surface area contributed by atoms with Gasteiger partial charge in [0.25, 0.3) is 0 Å². The highest BCUT2D eigenvalue weighted by Gasteiger charge is 2.03. The van der Waals surface area contributed by atoms with Crippen molar-refractivity contribution < 1.29 is 0 Å². The molecule has 0 aliphatic heterocycles. The third kappa shape index (κ3) is 5.14. The highest BCUT2D eigenvalue weighted by atomic mass is 32.1. The summed E-state index contributed by atoms with van der Waals surface area (Å²) in [6, 6.07) is 4.81. The van der Waals surface area contributed by atoms with Gasteiger partial charge < -0.3 is 5.32 Å². The van der Waals surface area contributed by atoms with Gasteiger partial charge >= 0.3 is 0 Å². The Morgan fingerprint density at radius 1 is 1.47 bits per heavy atom. The van der Waals surface area contributed by atoms with Crippen LogP contribution in [0.1, 0.15) is 43.5 Å². The summed E-state index contributed by atoms with van der Waals surface area (Å²) in [5.41, 5.74) is 0. The van der Waals surface area contributed by atoms with Crippen molar-refractivity contribution in [2.24, 2.45) is 0 Å². The van der Waals surface area contributed by atoms with Crippen LogP contribution in [-0.2, 0) is 0 Å². The first-order valence-electron chi connectivity index (χ1n) is 5.72. The van der Waals surface area contributed by atoms with Crippen molar-refractivity contribution in [3.63, 3.8) is 0 Å². The van der Waals surface area contributed by atoms with Gasteiger partial charge in [-0.05, 0) is 44.2 Å². The van der Waals surface area contributed by atoms with E-state index in [2.05, 4.69) is 36.3 Å². The number of hydrogen-bond acceptors (Lipinski definition) is 2. The molecule has 0 bridgehead atoms. The molecule has 15 heavy (non-hydrogen) atoms. The van der Waals surface area contributed by atoms with E-state index in [1.807, 2.05) is 17.4 Å². The molecule has 84 valence electrons. The third-order valence-electron chi connectivity index (χ3n) is 2.51. The van der Waals surface area contributed by atoms with Crippen LogP contribution in [0.15, 0.2) is 30.2 Å². The molecule has 0 aromatic carbocycles. The first-order valence-corrected chi connectivity index (χ1v) is 6.60. The lowest BCUT2D eigenvalue weighted by atomic mass is 10.2. The molecule has 0 amide bonds. The van der Waals surface area contributed by atoms with Crippen LogP contribution in [0.25, 0.3) is 0 Å². The zero-order chi connectivity index (χ0) is 10.9. The summed E-state index contributed by atoms with van der Waals surface area (Å²) in [7, 11) is 0. The molecule has 2 heteroatoms. The molecular formula is C13H21NS. The third-order valence-corrected chi connectivity index (χ3v) is 3.56. The van der Waals surface area contributed by atoms with E-state index in [-0.39, 0.29) is 0 Å². The molecule has 1 rings (SSSR count). The van der Waals surface area contributed by atoms with E-state index in [0.29, 0.717) is 6.04 Å². The summed E-state index contributed by atoms with van der Waals surface area (Å²) in [5.74, 6) is 0. The zero-order valence-corrected chi connectivity index (χ0v) is 10.4. The number of rotatable bonds is 8. The maximum atomic E-state index is 3.73. The molecule has 1 aromatic heterocycles. The lowest BCUT2D eigenvalue weighted by Crippen LogP contribution is -2.18. The minimum atomic E-state index is 0.504. The van der Waals surface area contributed by atoms with E-state index < -0.39 is 0 Å². The Kier molecular flexibility index (Phi) is 6.37. The second-order valence-corrected chi connectivity index (χ2v) is 4.81. The number of allylic oxidation sites excluding steroid dienone is 1. The van der Waals surface area contributed by atoms with Gasteiger partial charge in [0.05, 0.1) is 0 Å². The Balaban J connectivity index is 2.02. The zero-order valence-electron chi connectivity index (χ0n) is 9.54. The topological polar surface area (TPSA) is 12.0 Å². The van der Waals surface area contributed by atoms with E-state index in [1.54, 1.807) is 0 Å². The molecule has 0 radical (unpaired) electrons. The summed E-state index contributed by atoms with van der Waals surface area (Å²) in [6.07, 6.45) is 7.00.